The van der Waals surface area contributed by atoms with Crippen molar-refractivity contribution in [2.75, 3.05) is 6.61 Å². The molecule has 0 amide bonds. The van der Waals surface area contributed by atoms with Gasteiger partial charge in [0.05, 0.1) is 0 Å². The van der Waals surface area contributed by atoms with Crippen LogP contribution in [-0.4, -0.2) is 21.1 Å². The molecule has 0 atom stereocenters. The molecule has 3 heteroatoms. The highest BCUT2D eigenvalue weighted by Crippen LogP contribution is 2.17. The number of benzene rings is 1. The van der Waals surface area contributed by atoms with Crippen molar-refractivity contribution >= 4 is 14.5 Å². The monoisotopic (exact) mass is 247 g/mol. The predicted octanol–water partition coefficient (Wildman–Crippen LogP) is 3.90. The standard InChI is InChI=1S/C14H21NOSi/c1-12(2)11-16-14-9-7-6-8-13(14)10-15-17(3,4)5/h6-10H,1,11H2,2-5H3/b15-10+. The summed E-state index contributed by atoms with van der Waals surface area (Å²) in [6, 6.07) is 7.96. The van der Waals surface area contributed by atoms with Gasteiger partial charge in [0.15, 0.2) is 8.24 Å². The Hall–Kier alpha value is -1.35. The van der Waals surface area contributed by atoms with Gasteiger partial charge in [0.1, 0.15) is 12.4 Å². The molecule has 2 nitrogen and oxygen atoms in total. The molecular weight excluding hydrogens is 226 g/mol. The zero-order chi connectivity index (χ0) is 12.9. The average Bonchev–Trinajstić information content (AvgIpc) is 2.23. The number of para-hydroxylation sites is 1. The summed E-state index contributed by atoms with van der Waals surface area (Å²) < 4.78 is 10.3. The van der Waals surface area contributed by atoms with E-state index in [0.717, 1.165) is 16.9 Å². The lowest BCUT2D eigenvalue weighted by molar-refractivity contribution is 0.352. The molecular formula is C14H21NOSi. The predicted molar refractivity (Wildman–Crippen MR) is 77.7 cm³/mol. The van der Waals surface area contributed by atoms with Crippen LogP contribution in [0.3, 0.4) is 0 Å². The van der Waals surface area contributed by atoms with Crippen molar-refractivity contribution in [3.63, 3.8) is 0 Å². The summed E-state index contributed by atoms with van der Waals surface area (Å²) in [4.78, 5) is 0. The molecule has 0 bridgehead atoms. The number of nitrogens with zero attached hydrogens (tertiary/aromatic N) is 1. The fraction of sp³-hybridized carbons (Fsp3) is 0.357. The first-order valence-corrected chi connectivity index (χ1v) is 9.24. The second-order valence-electron chi connectivity index (χ2n) is 5.21. The molecule has 17 heavy (non-hydrogen) atoms. The third-order valence-electron chi connectivity index (χ3n) is 1.98. The van der Waals surface area contributed by atoms with Crippen molar-refractivity contribution in [3.8, 4) is 5.75 Å². The van der Waals surface area contributed by atoms with E-state index in [2.05, 4.69) is 30.9 Å². The van der Waals surface area contributed by atoms with Crippen LogP contribution in [0.4, 0.5) is 0 Å². The first-order chi connectivity index (χ1) is 7.88. The van der Waals surface area contributed by atoms with Crippen molar-refractivity contribution < 1.29 is 4.74 Å². The van der Waals surface area contributed by atoms with Crippen LogP contribution in [0, 0.1) is 0 Å². The molecule has 0 saturated heterocycles. The molecule has 0 spiro atoms. The minimum absolute atomic E-state index is 0.553. The lowest BCUT2D eigenvalue weighted by Gasteiger charge is -2.11. The highest BCUT2D eigenvalue weighted by Gasteiger charge is 2.10. The zero-order valence-corrected chi connectivity index (χ0v) is 12.2. The second kappa shape index (κ2) is 5.82. The zero-order valence-electron chi connectivity index (χ0n) is 11.2. The minimum atomic E-state index is -1.41. The van der Waals surface area contributed by atoms with Crippen molar-refractivity contribution in [1.29, 1.82) is 0 Å². The van der Waals surface area contributed by atoms with Gasteiger partial charge < -0.3 is 9.39 Å². The van der Waals surface area contributed by atoms with Gasteiger partial charge in [-0.2, -0.15) is 0 Å². The van der Waals surface area contributed by atoms with E-state index in [9.17, 15) is 0 Å². The van der Waals surface area contributed by atoms with Gasteiger partial charge in [-0.3, -0.25) is 0 Å². The van der Waals surface area contributed by atoms with Crippen LogP contribution in [0.2, 0.25) is 19.6 Å². The Balaban J connectivity index is 2.84. The summed E-state index contributed by atoms with van der Waals surface area (Å²) in [5.74, 6) is 0.873. The molecule has 0 heterocycles. The summed E-state index contributed by atoms with van der Waals surface area (Å²) >= 11 is 0. The molecule has 0 aliphatic heterocycles. The molecule has 0 fully saturated rings. The largest absolute Gasteiger partial charge is 0.489 e. The van der Waals surface area contributed by atoms with Gasteiger partial charge in [0.25, 0.3) is 0 Å². The van der Waals surface area contributed by atoms with Gasteiger partial charge in [-0.15, -0.1) is 0 Å². The molecule has 0 N–H and O–H groups in total. The minimum Gasteiger partial charge on any atom is -0.489 e. The van der Waals surface area contributed by atoms with Crippen LogP contribution in [-0.2, 0) is 0 Å². The van der Waals surface area contributed by atoms with Crippen LogP contribution in [0.15, 0.2) is 41.1 Å². The topological polar surface area (TPSA) is 21.6 Å². The Morgan fingerprint density at radius 1 is 1.35 bits per heavy atom. The molecule has 1 aromatic rings. The Bertz CT molecular complexity index is 418. The lowest BCUT2D eigenvalue weighted by atomic mass is 10.2. The van der Waals surface area contributed by atoms with Crippen LogP contribution in [0.1, 0.15) is 12.5 Å². The molecule has 0 aliphatic carbocycles. The summed E-state index contributed by atoms with van der Waals surface area (Å²) in [5.41, 5.74) is 2.05. The Morgan fingerprint density at radius 3 is 2.59 bits per heavy atom. The fourth-order valence-electron chi connectivity index (χ4n) is 1.18. The van der Waals surface area contributed by atoms with E-state index in [1.54, 1.807) is 0 Å². The van der Waals surface area contributed by atoms with Crippen LogP contribution in [0.5, 0.6) is 5.75 Å². The third-order valence-corrected chi connectivity index (χ3v) is 2.89. The van der Waals surface area contributed by atoms with Crippen LogP contribution >= 0.6 is 0 Å². The average molecular weight is 247 g/mol. The van der Waals surface area contributed by atoms with Crippen molar-refractivity contribution in [3.05, 3.63) is 42.0 Å². The summed E-state index contributed by atoms with van der Waals surface area (Å²) in [6.45, 7) is 13.0. The molecule has 0 saturated carbocycles. The molecule has 1 rings (SSSR count). The van der Waals surface area contributed by atoms with E-state index in [1.165, 1.54) is 0 Å². The van der Waals surface area contributed by atoms with E-state index < -0.39 is 8.24 Å². The number of ether oxygens (including phenoxy) is 1. The van der Waals surface area contributed by atoms with Gasteiger partial charge in [-0.25, -0.2) is 0 Å². The highest BCUT2D eigenvalue weighted by atomic mass is 28.3. The Kier molecular flexibility index (Phi) is 4.69. The third kappa shape index (κ3) is 5.50. The van der Waals surface area contributed by atoms with E-state index in [4.69, 9.17) is 4.74 Å². The number of rotatable bonds is 5. The summed E-state index contributed by atoms with van der Waals surface area (Å²) in [5, 5.41) is 0. The van der Waals surface area contributed by atoms with Gasteiger partial charge in [-0.1, -0.05) is 18.7 Å². The van der Waals surface area contributed by atoms with Gasteiger partial charge in [0.2, 0.25) is 0 Å². The summed E-state index contributed by atoms with van der Waals surface area (Å²) in [6.07, 6.45) is 1.93. The SMILES string of the molecule is C=C(C)COc1ccccc1/C=N/[Si](C)(C)C. The van der Waals surface area contributed by atoms with E-state index >= 15 is 0 Å². The highest BCUT2D eigenvalue weighted by molar-refractivity contribution is 6.75. The molecule has 0 aliphatic rings. The quantitative estimate of drug-likeness (QED) is 0.439. The van der Waals surface area contributed by atoms with Crippen molar-refractivity contribution in [1.82, 2.24) is 0 Å². The van der Waals surface area contributed by atoms with E-state index in [1.807, 2.05) is 37.4 Å². The molecule has 0 radical (unpaired) electrons. The number of hydrogen-bond acceptors (Lipinski definition) is 2. The van der Waals surface area contributed by atoms with Crippen LogP contribution in [0.25, 0.3) is 0 Å². The van der Waals surface area contributed by atoms with Gasteiger partial charge >= 0.3 is 0 Å². The fourth-order valence-corrected chi connectivity index (χ4v) is 1.71. The lowest BCUT2D eigenvalue weighted by Crippen LogP contribution is -2.16. The maximum atomic E-state index is 5.69. The molecule has 0 aromatic heterocycles. The maximum absolute atomic E-state index is 5.69. The van der Waals surface area contributed by atoms with Gasteiger partial charge in [-0.05, 0) is 44.3 Å². The normalized spacial score (nSPS) is 11.8. The van der Waals surface area contributed by atoms with Crippen molar-refractivity contribution in [2.24, 2.45) is 4.66 Å². The van der Waals surface area contributed by atoms with Crippen LogP contribution < -0.4 is 4.74 Å². The molecule has 0 unspecified atom stereocenters. The first-order valence-electron chi connectivity index (χ1n) is 5.80. The molecule has 1 aromatic carbocycles. The second-order valence-corrected chi connectivity index (χ2v) is 9.81. The Morgan fingerprint density at radius 2 is 2.00 bits per heavy atom. The maximum Gasteiger partial charge on any atom is 0.172 e. The van der Waals surface area contributed by atoms with E-state index in [-0.39, 0.29) is 0 Å². The number of hydrogen-bond donors (Lipinski definition) is 0. The summed E-state index contributed by atoms with van der Waals surface area (Å²) in [7, 11) is -1.41. The van der Waals surface area contributed by atoms with E-state index in [0.29, 0.717) is 6.61 Å². The smallest absolute Gasteiger partial charge is 0.172 e. The molecule has 92 valence electrons. The van der Waals surface area contributed by atoms with Gasteiger partial charge in [0, 0.05) is 11.8 Å². The van der Waals surface area contributed by atoms with Crippen molar-refractivity contribution in [2.45, 2.75) is 26.6 Å². The Labute approximate surface area is 105 Å². The first kappa shape index (κ1) is 13.7.